The third kappa shape index (κ3) is 6.65. The van der Waals surface area contributed by atoms with E-state index in [1.54, 1.807) is 48.5 Å². The number of unbranched alkanes of at least 4 members (excludes halogenated alkanes) is 1. The zero-order chi connectivity index (χ0) is 27.1. The molecule has 1 heterocycles. The topological polar surface area (TPSA) is 119 Å². The van der Waals surface area contributed by atoms with Crippen molar-refractivity contribution in [2.24, 2.45) is 0 Å². The molecule has 3 aromatic rings. The molecule has 0 spiro atoms. The lowest BCUT2D eigenvalue weighted by molar-refractivity contribution is -0.122. The molecule has 0 saturated heterocycles. The van der Waals surface area contributed by atoms with E-state index in [-0.39, 0.29) is 30.8 Å². The number of nitrogens with zero attached hydrogens (tertiary/aromatic N) is 2. The maximum absolute atomic E-state index is 13.3. The molecule has 9 heteroatoms. The summed E-state index contributed by atoms with van der Waals surface area (Å²) in [5.74, 6) is -0.574. The summed E-state index contributed by atoms with van der Waals surface area (Å²) in [7, 11) is 0. The minimum absolute atomic E-state index is 0.00526. The molecule has 0 atom stereocenters. The van der Waals surface area contributed by atoms with Gasteiger partial charge in [0.2, 0.25) is 11.8 Å². The molecule has 38 heavy (non-hydrogen) atoms. The van der Waals surface area contributed by atoms with Crippen LogP contribution < -0.4 is 21.9 Å². The van der Waals surface area contributed by atoms with E-state index in [0.717, 1.165) is 30.3 Å². The Kier molecular flexibility index (Phi) is 8.89. The van der Waals surface area contributed by atoms with Gasteiger partial charge in [-0.05, 0) is 56.9 Å². The zero-order valence-electron chi connectivity index (χ0n) is 21.7. The lowest BCUT2D eigenvalue weighted by Crippen LogP contribution is -2.41. The van der Waals surface area contributed by atoms with Gasteiger partial charge in [0.05, 0.1) is 10.9 Å². The van der Waals surface area contributed by atoms with E-state index in [0.29, 0.717) is 41.4 Å². The van der Waals surface area contributed by atoms with E-state index < -0.39 is 17.2 Å². The van der Waals surface area contributed by atoms with Crippen LogP contribution in [0.4, 0.5) is 5.69 Å². The summed E-state index contributed by atoms with van der Waals surface area (Å²) >= 11 is 0. The number of benzene rings is 2. The molecule has 1 aliphatic rings. The maximum atomic E-state index is 13.3. The van der Waals surface area contributed by atoms with E-state index in [4.69, 9.17) is 0 Å². The van der Waals surface area contributed by atoms with Crippen LogP contribution in [0, 0.1) is 0 Å². The molecule has 1 aliphatic carbocycles. The van der Waals surface area contributed by atoms with Gasteiger partial charge in [-0.15, -0.1) is 0 Å². The Morgan fingerprint density at radius 1 is 0.895 bits per heavy atom. The van der Waals surface area contributed by atoms with Crippen molar-refractivity contribution >= 4 is 34.2 Å². The average Bonchev–Trinajstić information content (AvgIpc) is 2.91. The maximum Gasteiger partial charge on any atom is 0.331 e. The van der Waals surface area contributed by atoms with Gasteiger partial charge in [-0.1, -0.05) is 43.5 Å². The molecule has 4 rings (SSSR count). The van der Waals surface area contributed by atoms with E-state index in [1.807, 2.05) is 0 Å². The number of carbonyl (C=O) groups excluding carboxylic acids is 3. The number of fused-ring (bicyclic) bond motifs is 1. The minimum atomic E-state index is -0.576. The summed E-state index contributed by atoms with van der Waals surface area (Å²) in [6.45, 7) is 1.30. The third-order valence-corrected chi connectivity index (χ3v) is 6.99. The fraction of sp³-hybridized carbons (Fsp3) is 0.414. The van der Waals surface area contributed by atoms with Gasteiger partial charge in [0, 0.05) is 30.3 Å². The second-order valence-corrected chi connectivity index (χ2v) is 9.89. The standard InChI is InChI=1S/C29H34N4O5/c1-20(34)21-10-9-13-23(18-21)31-27(36)19-33-25-15-6-5-14-24(25)28(37)32(29(33)38)17-8-7-16-26(35)30-22-11-3-2-4-12-22/h5-6,9-10,13-15,18,22H,2-4,7-8,11-12,16-17,19H2,1H3,(H,30,35)(H,31,36). The Balaban J connectivity index is 1.46. The van der Waals surface area contributed by atoms with E-state index in [9.17, 15) is 24.0 Å². The molecule has 1 fully saturated rings. The van der Waals surface area contributed by atoms with Crippen molar-refractivity contribution in [2.45, 2.75) is 77.4 Å². The number of Topliss-reactive ketones (excluding diaryl/α,β-unsaturated/α-hetero) is 1. The number of hydrogen-bond donors (Lipinski definition) is 2. The molecule has 200 valence electrons. The van der Waals surface area contributed by atoms with Crippen LogP contribution in [0.15, 0.2) is 58.1 Å². The number of hydrogen-bond acceptors (Lipinski definition) is 5. The molecular weight excluding hydrogens is 484 g/mol. The van der Waals surface area contributed by atoms with Crippen LogP contribution in [0.3, 0.4) is 0 Å². The highest BCUT2D eigenvalue weighted by atomic mass is 16.2. The van der Waals surface area contributed by atoms with Crippen molar-refractivity contribution in [2.75, 3.05) is 5.32 Å². The van der Waals surface area contributed by atoms with Crippen molar-refractivity contribution in [1.29, 1.82) is 0 Å². The fourth-order valence-electron chi connectivity index (χ4n) is 4.98. The monoisotopic (exact) mass is 518 g/mol. The van der Waals surface area contributed by atoms with E-state index in [2.05, 4.69) is 10.6 Å². The molecule has 2 N–H and O–H groups in total. The van der Waals surface area contributed by atoms with Crippen molar-refractivity contribution in [1.82, 2.24) is 14.5 Å². The molecular formula is C29H34N4O5. The molecule has 1 saturated carbocycles. The summed E-state index contributed by atoms with van der Waals surface area (Å²) in [6.07, 6.45) is 6.92. The second kappa shape index (κ2) is 12.5. The number of carbonyl (C=O) groups is 3. The van der Waals surface area contributed by atoms with Crippen LogP contribution in [-0.2, 0) is 22.7 Å². The average molecular weight is 519 g/mol. The second-order valence-electron chi connectivity index (χ2n) is 9.89. The first-order valence-electron chi connectivity index (χ1n) is 13.3. The van der Waals surface area contributed by atoms with Gasteiger partial charge >= 0.3 is 5.69 Å². The largest absolute Gasteiger partial charge is 0.353 e. The normalized spacial score (nSPS) is 13.8. The minimum Gasteiger partial charge on any atom is -0.353 e. The first-order valence-corrected chi connectivity index (χ1v) is 13.3. The summed E-state index contributed by atoms with van der Waals surface area (Å²) in [4.78, 5) is 63.3. The Labute approximate surface area is 220 Å². The highest BCUT2D eigenvalue weighted by Gasteiger charge is 2.17. The number of rotatable bonds is 10. The molecule has 0 bridgehead atoms. The van der Waals surface area contributed by atoms with Gasteiger partial charge in [0.25, 0.3) is 5.56 Å². The molecule has 1 aromatic heterocycles. The number of nitrogens with one attached hydrogen (secondary N) is 2. The highest BCUT2D eigenvalue weighted by molar-refractivity contribution is 5.97. The first-order chi connectivity index (χ1) is 18.3. The molecule has 2 amide bonds. The van der Waals surface area contributed by atoms with E-state index in [1.165, 1.54) is 17.9 Å². The quantitative estimate of drug-likeness (QED) is 0.314. The third-order valence-electron chi connectivity index (χ3n) is 6.99. The molecule has 9 nitrogen and oxygen atoms in total. The Bertz CT molecular complexity index is 1450. The van der Waals surface area contributed by atoms with Crippen LogP contribution >= 0.6 is 0 Å². The Morgan fingerprint density at radius 2 is 1.66 bits per heavy atom. The SMILES string of the molecule is CC(=O)c1cccc(NC(=O)Cn2c(=O)n(CCCCC(=O)NC3CCCCC3)c(=O)c3ccccc32)c1. The number of ketones is 1. The molecule has 0 radical (unpaired) electrons. The zero-order valence-corrected chi connectivity index (χ0v) is 21.7. The Morgan fingerprint density at radius 3 is 2.42 bits per heavy atom. The molecule has 0 unspecified atom stereocenters. The van der Waals surface area contributed by atoms with Gasteiger partial charge in [0.1, 0.15) is 6.54 Å². The van der Waals surface area contributed by atoms with Gasteiger partial charge in [0.15, 0.2) is 5.78 Å². The predicted octanol–water partition coefficient (Wildman–Crippen LogP) is 3.62. The summed E-state index contributed by atoms with van der Waals surface area (Å²) in [5.41, 5.74) is 0.292. The van der Waals surface area contributed by atoms with Crippen LogP contribution in [0.2, 0.25) is 0 Å². The van der Waals surface area contributed by atoms with E-state index >= 15 is 0 Å². The molecule has 0 aliphatic heterocycles. The van der Waals surface area contributed by atoms with Crippen molar-refractivity contribution < 1.29 is 14.4 Å². The Hall–Kier alpha value is -4.01. The summed E-state index contributed by atoms with van der Waals surface area (Å²) in [6, 6.07) is 13.5. The first kappa shape index (κ1) is 27.0. The molecule has 2 aromatic carbocycles. The predicted molar refractivity (Wildman–Crippen MR) is 146 cm³/mol. The van der Waals surface area contributed by atoms with Crippen LogP contribution in [0.1, 0.15) is 68.6 Å². The number of anilines is 1. The lowest BCUT2D eigenvalue weighted by atomic mass is 9.95. The van der Waals surface area contributed by atoms with Crippen molar-refractivity contribution in [3.05, 3.63) is 74.9 Å². The van der Waals surface area contributed by atoms with Crippen LogP contribution in [0.5, 0.6) is 0 Å². The van der Waals surface area contributed by atoms with Crippen molar-refractivity contribution in [3.63, 3.8) is 0 Å². The van der Waals surface area contributed by atoms with Crippen LogP contribution in [-0.4, -0.2) is 32.8 Å². The number of para-hydroxylation sites is 1. The number of amides is 2. The highest BCUT2D eigenvalue weighted by Crippen LogP contribution is 2.17. The fourth-order valence-corrected chi connectivity index (χ4v) is 4.98. The summed E-state index contributed by atoms with van der Waals surface area (Å²) < 4.78 is 2.43. The lowest BCUT2D eigenvalue weighted by Gasteiger charge is -2.22. The smallest absolute Gasteiger partial charge is 0.331 e. The number of aromatic nitrogens is 2. The van der Waals surface area contributed by atoms with Crippen molar-refractivity contribution in [3.8, 4) is 0 Å². The van der Waals surface area contributed by atoms with Gasteiger partial charge < -0.3 is 10.6 Å². The van der Waals surface area contributed by atoms with Gasteiger partial charge in [-0.25, -0.2) is 4.79 Å². The van der Waals surface area contributed by atoms with Gasteiger partial charge in [-0.3, -0.25) is 28.3 Å². The summed E-state index contributed by atoms with van der Waals surface area (Å²) in [5, 5.41) is 6.16. The van der Waals surface area contributed by atoms with Gasteiger partial charge in [-0.2, -0.15) is 0 Å². The van der Waals surface area contributed by atoms with Crippen LogP contribution in [0.25, 0.3) is 10.9 Å².